The number of carbonyl (C=O) groups is 1. The van der Waals surface area contributed by atoms with Gasteiger partial charge in [-0.1, -0.05) is 61.3 Å². The molecule has 2 N–H and O–H groups in total. The molecule has 0 fully saturated rings. The van der Waals surface area contributed by atoms with Gasteiger partial charge in [0.2, 0.25) is 11.8 Å². The zero-order chi connectivity index (χ0) is 28.2. The summed E-state index contributed by atoms with van der Waals surface area (Å²) >= 11 is 17.6. The molecular formula is C31H25Cl2N3O3S. The van der Waals surface area contributed by atoms with Crippen molar-refractivity contribution in [2.75, 3.05) is 0 Å². The summed E-state index contributed by atoms with van der Waals surface area (Å²) in [5, 5.41) is 6.72. The molecule has 0 aliphatic heterocycles. The topological polar surface area (TPSA) is 80.3 Å². The largest absolute Gasteiger partial charge is 0.457 e. The lowest BCUT2D eigenvalue weighted by atomic mass is 10.0. The van der Waals surface area contributed by atoms with Gasteiger partial charge in [-0.2, -0.15) is 0 Å². The van der Waals surface area contributed by atoms with Crippen LogP contribution >= 0.6 is 35.4 Å². The lowest BCUT2D eigenvalue weighted by Crippen LogP contribution is -2.37. The van der Waals surface area contributed by atoms with Crippen LogP contribution in [0, 0.1) is 0 Å². The minimum Gasteiger partial charge on any atom is -0.457 e. The number of furan rings is 1. The fourth-order valence-electron chi connectivity index (χ4n) is 4.01. The number of hydrogen-bond donors (Lipinski definition) is 2. The van der Waals surface area contributed by atoms with Crippen molar-refractivity contribution in [2.24, 2.45) is 0 Å². The maximum absolute atomic E-state index is 12.3. The summed E-state index contributed by atoms with van der Waals surface area (Å²) in [7, 11) is 0. The number of aromatic nitrogens is 1. The lowest BCUT2D eigenvalue weighted by molar-refractivity contribution is -0.115. The van der Waals surface area contributed by atoms with Gasteiger partial charge >= 0.3 is 0 Å². The predicted molar refractivity (Wildman–Crippen MR) is 164 cm³/mol. The summed E-state index contributed by atoms with van der Waals surface area (Å²) in [5.41, 5.74) is 5.37. The fraction of sp³-hybridized carbons (Fsp3) is 0.129. The molecule has 40 heavy (non-hydrogen) atoms. The Balaban J connectivity index is 1.13. The molecule has 0 saturated heterocycles. The molecule has 0 radical (unpaired) electrons. The van der Waals surface area contributed by atoms with Gasteiger partial charge in [0.15, 0.2) is 10.7 Å². The molecule has 5 rings (SSSR count). The number of oxazole rings is 1. The lowest BCUT2D eigenvalue weighted by Gasteiger charge is -2.08. The first-order chi connectivity index (χ1) is 19.3. The molecular weight excluding hydrogens is 565 g/mol. The molecule has 5 aromatic rings. The number of rotatable bonds is 7. The van der Waals surface area contributed by atoms with Crippen molar-refractivity contribution in [3.63, 3.8) is 0 Å². The van der Waals surface area contributed by atoms with Crippen molar-refractivity contribution in [3.8, 4) is 22.8 Å². The Morgan fingerprint density at radius 1 is 1.02 bits per heavy atom. The molecule has 0 spiro atoms. The predicted octanol–water partition coefficient (Wildman–Crippen LogP) is 8.39. The number of fused-ring (bicyclic) bond motifs is 1. The van der Waals surface area contributed by atoms with Crippen LogP contribution in [0.25, 0.3) is 40.0 Å². The van der Waals surface area contributed by atoms with Gasteiger partial charge in [-0.3, -0.25) is 10.1 Å². The van der Waals surface area contributed by atoms with E-state index < -0.39 is 0 Å². The molecule has 2 heterocycles. The third-order valence-corrected chi connectivity index (χ3v) is 7.28. The van der Waals surface area contributed by atoms with Crippen molar-refractivity contribution >= 4 is 63.6 Å². The highest BCUT2D eigenvalue weighted by atomic mass is 35.5. The number of nitrogens with one attached hydrogen (secondary N) is 2. The smallest absolute Gasteiger partial charge is 0.250 e. The van der Waals surface area contributed by atoms with E-state index >= 15 is 0 Å². The van der Waals surface area contributed by atoms with Crippen molar-refractivity contribution in [2.45, 2.75) is 26.3 Å². The van der Waals surface area contributed by atoms with E-state index in [1.54, 1.807) is 30.3 Å². The maximum Gasteiger partial charge on any atom is 0.250 e. The third-order valence-electron chi connectivity index (χ3n) is 6.21. The Hall–Kier alpha value is -3.91. The van der Waals surface area contributed by atoms with Gasteiger partial charge in [0.05, 0.1) is 10.0 Å². The second-order valence-corrected chi connectivity index (χ2v) is 10.6. The van der Waals surface area contributed by atoms with Crippen LogP contribution in [-0.2, 0) is 11.3 Å². The number of benzene rings is 3. The molecule has 0 bridgehead atoms. The first-order valence-electron chi connectivity index (χ1n) is 12.6. The molecule has 3 aromatic carbocycles. The zero-order valence-corrected chi connectivity index (χ0v) is 24.0. The summed E-state index contributed by atoms with van der Waals surface area (Å²) < 4.78 is 11.7. The van der Waals surface area contributed by atoms with E-state index in [1.165, 1.54) is 11.6 Å². The SMILES string of the molecule is CC(C)c1ccc2oc(-c3ccc(CNC(=S)NC(=O)/C=C/c4ccc(-c5cccc(Cl)c5Cl)o4)cc3)nc2c1. The Morgan fingerprint density at radius 2 is 1.82 bits per heavy atom. The van der Waals surface area contributed by atoms with Crippen LogP contribution in [0.5, 0.6) is 0 Å². The first-order valence-corrected chi connectivity index (χ1v) is 13.7. The number of nitrogens with zero attached hydrogens (tertiary/aromatic N) is 1. The van der Waals surface area contributed by atoms with Crippen molar-refractivity contribution in [3.05, 3.63) is 106 Å². The van der Waals surface area contributed by atoms with E-state index in [0.29, 0.717) is 45.5 Å². The number of carbonyl (C=O) groups excluding carboxylic acids is 1. The van der Waals surface area contributed by atoms with Crippen LogP contribution < -0.4 is 10.6 Å². The summed E-state index contributed by atoms with van der Waals surface area (Å²) in [6.07, 6.45) is 2.89. The van der Waals surface area contributed by atoms with Crippen LogP contribution in [0.15, 0.2) is 87.7 Å². The van der Waals surface area contributed by atoms with Gasteiger partial charge in [0, 0.05) is 23.7 Å². The van der Waals surface area contributed by atoms with Gasteiger partial charge in [0.25, 0.3) is 0 Å². The average Bonchev–Trinajstić information content (AvgIpc) is 3.59. The second kappa shape index (κ2) is 12.1. The molecule has 0 atom stereocenters. The Morgan fingerprint density at radius 3 is 2.60 bits per heavy atom. The first kappa shape index (κ1) is 27.6. The minimum atomic E-state index is -0.386. The monoisotopic (exact) mass is 589 g/mol. The summed E-state index contributed by atoms with van der Waals surface area (Å²) in [6.45, 7) is 4.74. The molecule has 0 aliphatic carbocycles. The van der Waals surface area contributed by atoms with E-state index in [9.17, 15) is 4.79 Å². The highest BCUT2D eigenvalue weighted by Gasteiger charge is 2.12. The Kier molecular flexibility index (Phi) is 8.35. The second-order valence-electron chi connectivity index (χ2n) is 9.41. The van der Waals surface area contributed by atoms with Gasteiger partial charge in [-0.05, 0) is 83.9 Å². The Labute approximate surface area is 247 Å². The summed E-state index contributed by atoms with van der Waals surface area (Å²) in [5.74, 6) is 1.65. The molecule has 0 saturated carbocycles. The van der Waals surface area contributed by atoms with E-state index in [2.05, 4.69) is 41.6 Å². The van der Waals surface area contributed by atoms with Crippen LogP contribution in [0.4, 0.5) is 0 Å². The van der Waals surface area contributed by atoms with Crippen LogP contribution in [0.2, 0.25) is 10.0 Å². The standard InChI is InChI=1S/C31H25Cl2N3O3S/c1-18(2)21-10-13-27-25(16-21)35-30(39-27)20-8-6-19(7-9-20)17-34-31(40)36-28(37)15-12-22-11-14-26(38-22)23-4-3-5-24(32)29(23)33/h3-16,18H,17H2,1-2H3,(H2,34,36,37,40)/b15-12+. The Bertz CT molecular complexity index is 1720. The third kappa shape index (κ3) is 6.45. The summed E-state index contributed by atoms with van der Waals surface area (Å²) in [6, 6.07) is 22.7. The van der Waals surface area contributed by atoms with E-state index in [1.807, 2.05) is 36.4 Å². The van der Waals surface area contributed by atoms with Crippen LogP contribution in [0.3, 0.4) is 0 Å². The van der Waals surface area contributed by atoms with Crippen molar-refractivity contribution in [1.82, 2.24) is 15.6 Å². The van der Waals surface area contributed by atoms with Gasteiger partial charge in [-0.15, -0.1) is 0 Å². The van der Waals surface area contributed by atoms with E-state index in [0.717, 1.165) is 22.2 Å². The number of halogens is 2. The summed E-state index contributed by atoms with van der Waals surface area (Å²) in [4.78, 5) is 17.0. The molecule has 0 aliphatic rings. The highest BCUT2D eigenvalue weighted by molar-refractivity contribution is 7.80. The normalized spacial score (nSPS) is 11.4. The van der Waals surface area contributed by atoms with Gasteiger partial charge in [0.1, 0.15) is 17.0 Å². The van der Waals surface area contributed by atoms with Crippen molar-refractivity contribution < 1.29 is 13.6 Å². The number of thiocarbonyl (C=S) groups is 1. The zero-order valence-electron chi connectivity index (χ0n) is 21.7. The maximum atomic E-state index is 12.3. The minimum absolute atomic E-state index is 0.212. The molecule has 6 nitrogen and oxygen atoms in total. The van der Waals surface area contributed by atoms with Crippen LogP contribution in [0.1, 0.15) is 36.7 Å². The number of amides is 1. The molecule has 1 amide bonds. The number of hydrogen-bond acceptors (Lipinski definition) is 5. The molecule has 2 aromatic heterocycles. The van der Waals surface area contributed by atoms with Gasteiger partial charge < -0.3 is 14.2 Å². The molecule has 0 unspecified atom stereocenters. The quantitative estimate of drug-likeness (QED) is 0.146. The van der Waals surface area contributed by atoms with Crippen LogP contribution in [-0.4, -0.2) is 16.0 Å². The molecule has 202 valence electrons. The van der Waals surface area contributed by atoms with E-state index in [4.69, 9.17) is 44.3 Å². The van der Waals surface area contributed by atoms with E-state index in [-0.39, 0.29) is 11.0 Å². The average molecular weight is 591 g/mol. The fourth-order valence-corrected chi connectivity index (χ4v) is 4.58. The van der Waals surface area contributed by atoms with Crippen molar-refractivity contribution in [1.29, 1.82) is 0 Å². The highest BCUT2D eigenvalue weighted by Crippen LogP contribution is 2.34. The molecule has 9 heteroatoms. The van der Waals surface area contributed by atoms with Gasteiger partial charge in [-0.25, -0.2) is 4.98 Å².